The Labute approximate surface area is 149 Å². The highest BCUT2D eigenvalue weighted by Crippen LogP contribution is 2.32. The average molecular weight is 344 g/mol. The van der Waals surface area contributed by atoms with Gasteiger partial charge in [-0.1, -0.05) is 30.3 Å². The normalized spacial score (nSPS) is 11.2. The zero-order valence-corrected chi connectivity index (χ0v) is 14.4. The largest absolute Gasteiger partial charge is 0.478 e. The van der Waals surface area contributed by atoms with E-state index in [1.165, 1.54) is 6.07 Å². The lowest BCUT2D eigenvalue weighted by atomic mass is 9.97. The first-order valence-electron chi connectivity index (χ1n) is 8.26. The summed E-state index contributed by atoms with van der Waals surface area (Å²) >= 11 is 0. The molecule has 4 nitrogen and oxygen atoms in total. The summed E-state index contributed by atoms with van der Waals surface area (Å²) in [7, 11) is 0. The molecule has 0 aliphatic heterocycles. The van der Waals surface area contributed by atoms with Gasteiger partial charge in [0.2, 0.25) is 0 Å². The van der Waals surface area contributed by atoms with E-state index in [-0.39, 0.29) is 11.0 Å². The summed E-state index contributed by atoms with van der Waals surface area (Å²) in [6, 6.07) is 15.7. The third-order valence-electron chi connectivity index (χ3n) is 4.74. The van der Waals surface area contributed by atoms with Crippen molar-refractivity contribution in [3.05, 3.63) is 81.5 Å². The number of fused-ring (bicyclic) bond motifs is 2. The number of aryl methyl sites for hydroxylation is 2. The molecule has 0 bridgehead atoms. The maximum absolute atomic E-state index is 12.6. The summed E-state index contributed by atoms with van der Waals surface area (Å²) in [5.74, 6) is -0.650. The Hall–Kier alpha value is -3.40. The van der Waals surface area contributed by atoms with Crippen molar-refractivity contribution >= 4 is 27.7 Å². The molecule has 0 saturated heterocycles. The lowest BCUT2D eigenvalue weighted by Crippen LogP contribution is -2.03. The average Bonchev–Trinajstić information content (AvgIpc) is 2.62. The van der Waals surface area contributed by atoms with Gasteiger partial charge in [0, 0.05) is 17.0 Å². The molecule has 4 rings (SSSR count). The van der Waals surface area contributed by atoms with Crippen LogP contribution in [0.25, 0.3) is 33.1 Å². The van der Waals surface area contributed by atoms with Gasteiger partial charge in [-0.15, -0.1) is 0 Å². The van der Waals surface area contributed by atoms with E-state index in [1.807, 2.05) is 44.2 Å². The maximum Gasteiger partial charge on any atom is 0.336 e. The van der Waals surface area contributed by atoms with Gasteiger partial charge in [0.25, 0.3) is 0 Å². The molecule has 1 heterocycles. The molecular weight excluding hydrogens is 328 g/mol. The van der Waals surface area contributed by atoms with Gasteiger partial charge in [0.15, 0.2) is 5.43 Å². The third-order valence-corrected chi connectivity index (χ3v) is 4.74. The van der Waals surface area contributed by atoms with E-state index in [2.05, 4.69) is 0 Å². The van der Waals surface area contributed by atoms with Gasteiger partial charge in [-0.05, 0) is 48.6 Å². The molecule has 0 saturated carbocycles. The zero-order chi connectivity index (χ0) is 18.4. The quantitative estimate of drug-likeness (QED) is 0.560. The minimum atomic E-state index is -1.02. The minimum absolute atomic E-state index is 0.144. The van der Waals surface area contributed by atoms with Gasteiger partial charge in [-0.25, -0.2) is 4.79 Å². The first-order valence-corrected chi connectivity index (χ1v) is 8.26. The van der Waals surface area contributed by atoms with Crippen molar-refractivity contribution in [2.75, 3.05) is 0 Å². The van der Waals surface area contributed by atoms with Gasteiger partial charge in [0.05, 0.1) is 10.9 Å². The van der Waals surface area contributed by atoms with Gasteiger partial charge in [-0.3, -0.25) is 4.79 Å². The molecule has 0 aliphatic carbocycles. The number of carbonyl (C=O) groups is 1. The van der Waals surface area contributed by atoms with Crippen LogP contribution in [0.15, 0.2) is 63.8 Å². The molecule has 128 valence electrons. The number of rotatable bonds is 2. The lowest BCUT2D eigenvalue weighted by molar-refractivity contribution is 0.0699. The number of carboxylic acid groups (broad SMARTS) is 1. The van der Waals surface area contributed by atoms with Crippen LogP contribution in [0.4, 0.5) is 0 Å². The van der Waals surface area contributed by atoms with Crippen molar-refractivity contribution in [3.8, 4) is 11.3 Å². The first kappa shape index (κ1) is 16.1. The topological polar surface area (TPSA) is 67.5 Å². The van der Waals surface area contributed by atoms with Crippen LogP contribution in [0, 0.1) is 13.8 Å². The van der Waals surface area contributed by atoms with Crippen LogP contribution in [0.1, 0.15) is 21.5 Å². The minimum Gasteiger partial charge on any atom is -0.478 e. The lowest BCUT2D eigenvalue weighted by Gasteiger charge is -2.10. The van der Waals surface area contributed by atoms with Crippen molar-refractivity contribution in [1.29, 1.82) is 0 Å². The summed E-state index contributed by atoms with van der Waals surface area (Å²) in [5.41, 5.74) is 3.19. The van der Waals surface area contributed by atoms with Crippen molar-refractivity contribution in [2.45, 2.75) is 13.8 Å². The van der Waals surface area contributed by atoms with Crippen molar-refractivity contribution < 1.29 is 14.3 Å². The van der Waals surface area contributed by atoms with Gasteiger partial charge < -0.3 is 9.52 Å². The summed E-state index contributed by atoms with van der Waals surface area (Å²) in [4.78, 5) is 24.3. The fourth-order valence-electron chi connectivity index (χ4n) is 3.27. The predicted molar refractivity (Wildman–Crippen MR) is 102 cm³/mol. The van der Waals surface area contributed by atoms with Crippen LogP contribution in [-0.4, -0.2) is 11.1 Å². The highest BCUT2D eigenvalue weighted by atomic mass is 16.4. The maximum atomic E-state index is 12.6. The summed E-state index contributed by atoms with van der Waals surface area (Å²) < 4.78 is 6.01. The molecule has 0 amide bonds. The monoisotopic (exact) mass is 344 g/mol. The second-order valence-corrected chi connectivity index (χ2v) is 6.42. The van der Waals surface area contributed by atoms with Gasteiger partial charge in [0.1, 0.15) is 11.3 Å². The van der Waals surface area contributed by atoms with Crippen LogP contribution in [0.5, 0.6) is 0 Å². The van der Waals surface area contributed by atoms with Gasteiger partial charge >= 0.3 is 5.97 Å². The fourth-order valence-corrected chi connectivity index (χ4v) is 3.27. The molecule has 26 heavy (non-hydrogen) atoms. The Morgan fingerprint density at radius 2 is 1.65 bits per heavy atom. The van der Waals surface area contributed by atoms with E-state index in [0.717, 1.165) is 16.5 Å². The fraction of sp³-hybridized carbons (Fsp3) is 0.0909. The van der Waals surface area contributed by atoms with Gasteiger partial charge in [-0.2, -0.15) is 0 Å². The molecule has 0 spiro atoms. The Morgan fingerprint density at radius 1 is 0.962 bits per heavy atom. The third kappa shape index (κ3) is 2.47. The number of aromatic carboxylic acids is 1. The van der Waals surface area contributed by atoms with Crippen LogP contribution < -0.4 is 5.43 Å². The SMILES string of the molecule is Cc1cc2oc(-c3cccc4cccc(C(=O)O)c34)cc(=O)c2cc1C. The molecule has 0 unspecified atom stereocenters. The molecule has 4 aromatic rings. The van der Waals surface area contributed by atoms with Crippen molar-refractivity contribution in [3.63, 3.8) is 0 Å². The van der Waals surface area contributed by atoms with E-state index in [1.54, 1.807) is 18.2 Å². The summed E-state index contributed by atoms with van der Waals surface area (Å²) in [5, 5.41) is 11.4. The summed E-state index contributed by atoms with van der Waals surface area (Å²) in [6.07, 6.45) is 0. The standard InChI is InChI=1S/C22H16O4/c1-12-9-17-18(23)11-20(26-19(17)10-13(12)2)15-7-3-5-14-6-4-8-16(21(14)15)22(24)25/h3-11H,1-2H3,(H,24,25). The molecule has 1 N–H and O–H groups in total. The first-order chi connectivity index (χ1) is 12.5. The zero-order valence-electron chi connectivity index (χ0n) is 14.4. The van der Waals surface area contributed by atoms with Crippen molar-refractivity contribution in [1.82, 2.24) is 0 Å². The molecule has 0 aliphatic rings. The molecule has 3 aromatic carbocycles. The summed E-state index contributed by atoms with van der Waals surface area (Å²) in [6.45, 7) is 3.91. The molecular formula is C22H16O4. The molecule has 4 heteroatoms. The second kappa shape index (κ2) is 5.85. The van der Waals surface area contributed by atoms with E-state index in [4.69, 9.17) is 4.42 Å². The predicted octanol–water partition coefficient (Wildman–Crippen LogP) is 4.93. The smallest absolute Gasteiger partial charge is 0.336 e. The second-order valence-electron chi connectivity index (χ2n) is 6.42. The van der Waals surface area contributed by atoms with Crippen molar-refractivity contribution in [2.24, 2.45) is 0 Å². The van der Waals surface area contributed by atoms with Crippen LogP contribution in [0.2, 0.25) is 0 Å². The molecule has 0 atom stereocenters. The Bertz CT molecular complexity index is 1240. The Balaban J connectivity index is 2.09. The molecule has 1 aromatic heterocycles. The number of carboxylic acids is 1. The number of benzene rings is 3. The number of hydrogen-bond acceptors (Lipinski definition) is 3. The number of hydrogen-bond donors (Lipinski definition) is 1. The Morgan fingerprint density at radius 3 is 2.38 bits per heavy atom. The van der Waals surface area contributed by atoms with Crippen LogP contribution >= 0.6 is 0 Å². The van der Waals surface area contributed by atoms with E-state index < -0.39 is 5.97 Å². The highest BCUT2D eigenvalue weighted by Gasteiger charge is 2.16. The molecule has 0 radical (unpaired) electrons. The van der Waals surface area contributed by atoms with E-state index in [9.17, 15) is 14.7 Å². The van der Waals surface area contributed by atoms with Crippen LogP contribution in [-0.2, 0) is 0 Å². The molecule has 0 fully saturated rings. The Kier molecular flexibility index (Phi) is 3.62. The van der Waals surface area contributed by atoms with E-state index >= 15 is 0 Å². The van der Waals surface area contributed by atoms with E-state index in [0.29, 0.717) is 27.7 Å². The van der Waals surface area contributed by atoms with Crippen LogP contribution in [0.3, 0.4) is 0 Å². The highest BCUT2D eigenvalue weighted by molar-refractivity contribution is 6.09.